The molecule has 0 bridgehead atoms. The highest BCUT2D eigenvalue weighted by Gasteiger charge is 2.42. The molecule has 0 unspecified atom stereocenters. The summed E-state index contributed by atoms with van der Waals surface area (Å²) in [5.41, 5.74) is 4.89. The molecule has 5 nitrogen and oxygen atoms in total. The Kier molecular flexibility index (Phi) is 7.39. The molecule has 0 aliphatic carbocycles. The molecule has 18 heavy (non-hydrogen) atoms. The summed E-state index contributed by atoms with van der Waals surface area (Å²) in [4.78, 5) is 14.5. The molecule has 0 saturated carbocycles. The van der Waals surface area contributed by atoms with Gasteiger partial charge in [0.05, 0.1) is 0 Å². The van der Waals surface area contributed by atoms with Crippen LogP contribution in [0.15, 0.2) is 5.16 Å². The standard InChI is InChI=1S/C13H27N3O2/c1-5-9-16(10-6-2)12(17)13(7-3,8-4)11(14)15-18/h18H,5-10H2,1-4H3,(H2,14,15). The average molecular weight is 257 g/mol. The lowest BCUT2D eigenvalue weighted by Gasteiger charge is -2.35. The van der Waals surface area contributed by atoms with Crippen molar-refractivity contribution in [2.24, 2.45) is 16.3 Å². The van der Waals surface area contributed by atoms with Gasteiger partial charge in [0.25, 0.3) is 0 Å². The second-order valence-electron chi connectivity index (χ2n) is 4.57. The van der Waals surface area contributed by atoms with Gasteiger partial charge in [0.1, 0.15) is 5.41 Å². The number of nitrogens with two attached hydrogens (primary N) is 1. The van der Waals surface area contributed by atoms with Crippen LogP contribution in [0.2, 0.25) is 0 Å². The molecule has 0 fully saturated rings. The van der Waals surface area contributed by atoms with Gasteiger partial charge in [-0.25, -0.2) is 0 Å². The van der Waals surface area contributed by atoms with Crippen LogP contribution in [0.1, 0.15) is 53.4 Å². The van der Waals surface area contributed by atoms with Crippen molar-refractivity contribution in [3.8, 4) is 0 Å². The van der Waals surface area contributed by atoms with Gasteiger partial charge in [0, 0.05) is 13.1 Å². The van der Waals surface area contributed by atoms with Gasteiger partial charge in [0.2, 0.25) is 5.91 Å². The number of hydrogen-bond donors (Lipinski definition) is 2. The highest BCUT2D eigenvalue weighted by atomic mass is 16.4. The van der Waals surface area contributed by atoms with Crippen molar-refractivity contribution >= 4 is 11.7 Å². The van der Waals surface area contributed by atoms with Crippen LogP contribution in [0.3, 0.4) is 0 Å². The summed E-state index contributed by atoms with van der Waals surface area (Å²) in [7, 11) is 0. The first kappa shape index (κ1) is 16.7. The van der Waals surface area contributed by atoms with Gasteiger partial charge in [-0.2, -0.15) is 0 Å². The van der Waals surface area contributed by atoms with E-state index >= 15 is 0 Å². The van der Waals surface area contributed by atoms with Crippen LogP contribution >= 0.6 is 0 Å². The van der Waals surface area contributed by atoms with Crippen LogP contribution in [0.5, 0.6) is 0 Å². The maximum absolute atomic E-state index is 12.7. The number of carbonyl (C=O) groups excluding carboxylic acids is 1. The Hall–Kier alpha value is -1.26. The Morgan fingerprint density at radius 2 is 1.61 bits per heavy atom. The fourth-order valence-corrected chi connectivity index (χ4v) is 2.28. The summed E-state index contributed by atoms with van der Waals surface area (Å²) in [5.74, 6) is 0.00112. The molecule has 0 aliphatic rings. The quantitative estimate of drug-likeness (QED) is 0.303. The number of amides is 1. The largest absolute Gasteiger partial charge is 0.409 e. The molecule has 106 valence electrons. The van der Waals surface area contributed by atoms with Crippen molar-refractivity contribution in [1.29, 1.82) is 0 Å². The Morgan fingerprint density at radius 1 is 1.17 bits per heavy atom. The van der Waals surface area contributed by atoms with E-state index in [1.54, 1.807) is 0 Å². The Balaban J connectivity index is 5.27. The molecule has 0 aromatic rings. The molecule has 0 atom stereocenters. The zero-order valence-corrected chi connectivity index (χ0v) is 12.1. The van der Waals surface area contributed by atoms with Gasteiger partial charge in [0.15, 0.2) is 5.84 Å². The minimum Gasteiger partial charge on any atom is -0.409 e. The first-order valence-electron chi connectivity index (χ1n) is 6.81. The number of amidine groups is 1. The molecule has 5 heteroatoms. The third-order valence-electron chi connectivity index (χ3n) is 3.49. The van der Waals surface area contributed by atoms with E-state index in [1.165, 1.54) is 0 Å². The smallest absolute Gasteiger partial charge is 0.236 e. The summed E-state index contributed by atoms with van der Waals surface area (Å²) < 4.78 is 0. The zero-order valence-electron chi connectivity index (χ0n) is 12.1. The lowest BCUT2D eigenvalue weighted by atomic mass is 9.79. The highest BCUT2D eigenvalue weighted by Crippen LogP contribution is 2.29. The molecular formula is C13H27N3O2. The SMILES string of the molecule is CCCN(CCC)C(=O)C(CC)(CC)C(N)=NO. The second-order valence-corrected chi connectivity index (χ2v) is 4.57. The van der Waals surface area contributed by atoms with E-state index < -0.39 is 5.41 Å². The first-order valence-corrected chi connectivity index (χ1v) is 6.81. The van der Waals surface area contributed by atoms with Crippen LogP contribution < -0.4 is 5.73 Å². The van der Waals surface area contributed by atoms with Gasteiger partial charge in [-0.05, 0) is 25.7 Å². The third kappa shape index (κ3) is 3.37. The number of oxime groups is 1. The van der Waals surface area contributed by atoms with Crippen LogP contribution in [-0.2, 0) is 4.79 Å². The van der Waals surface area contributed by atoms with Crippen molar-refractivity contribution < 1.29 is 10.0 Å². The first-order chi connectivity index (χ1) is 8.53. The van der Waals surface area contributed by atoms with Crippen LogP contribution in [0, 0.1) is 5.41 Å². The van der Waals surface area contributed by atoms with Crippen LogP contribution in [0.25, 0.3) is 0 Å². The maximum Gasteiger partial charge on any atom is 0.236 e. The van der Waals surface area contributed by atoms with E-state index in [1.807, 2.05) is 32.6 Å². The molecule has 0 rings (SSSR count). The summed E-state index contributed by atoms with van der Waals surface area (Å²) in [5, 5.41) is 12.0. The van der Waals surface area contributed by atoms with E-state index in [4.69, 9.17) is 10.9 Å². The Bertz CT molecular complexity index is 280. The molecule has 0 aromatic heterocycles. The molecule has 0 aliphatic heterocycles. The van der Waals surface area contributed by atoms with E-state index in [2.05, 4.69) is 5.16 Å². The fourth-order valence-electron chi connectivity index (χ4n) is 2.28. The van der Waals surface area contributed by atoms with Gasteiger partial charge < -0.3 is 15.8 Å². The van der Waals surface area contributed by atoms with E-state index in [-0.39, 0.29) is 11.7 Å². The molecule has 0 saturated heterocycles. The molecular weight excluding hydrogens is 230 g/mol. The Morgan fingerprint density at radius 3 is 1.89 bits per heavy atom. The molecule has 1 amide bonds. The van der Waals surface area contributed by atoms with Crippen molar-refractivity contribution in [2.45, 2.75) is 53.4 Å². The number of carbonyl (C=O) groups is 1. The van der Waals surface area contributed by atoms with E-state index in [0.29, 0.717) is 25.9 Å². The predicted octanol–water partition coefficient (Wildman–Crippen LogP) is 2.19. The molecule has 0 heterocycles. The lowest BCUT2D eigenvalue weighted by Crippen LogP contribution is -2.51. The minimum absolute atomic E-state index is 0.0218. The molecule has 0 aromatic carbocycles. The van der Waals surface area contributed by atoms with Crippen molar-refractivity contribution in [1.82, 2.24) is 4.90 Å². The lowest BCUT2D eigenvalue weighted by molar-refractivity contribution is -0.139. The van der Waals surface area contributed by atoms with Crippen molar-refractivity contribution in [3.63, 3.8) is 0 Å². The van der Waals surface area contributed by atoms with Gasteiger partial charge >= 0.3 is 0 Å². The molecule has 0 radical (unpaired) electrons. The number of rotatable bonds is 8. The Labute approximate surface area is 110 Å². The summed E-state index contributed by atoms with van der Waals surface area (Å²) in [6.07, 6.45) is 2.90. The van der Waals surface area contributed by atoms with Crippen LogP contribution in [-0.4, -0.2) is 34.9 Å². The molecule has 3 N–H and O–H groups in total. The van der Waals surface area contributed by atoms with Gasteiger partial charge in [-0.1, -0.05) is 32.9 Å². The minimum atomic E-state index is -0.862. The average Bonchev–Trinajstić information content (AvgIpc) is 2.39. The maximum atomic E-state index is 12.7. The summed E-state index contributed by atoms with van der Waals surface area (Å²) in [6, 6.07) is 0. The summed E-state index contributed by atoms with van der Waals surface area (Å²) >= 11 is 0. The third-order valence-corrected chi connectivity index (χ3v) is 3.49. The topological polar surface area (TPSA) is 78.9 Å². The van der Waals surface area contributed by atoms with Crippen LogP contribution in [0.4, 0.5) is 0 Å². The van der Waals surface area contributed by atoms with E-state index in [9.17, 15) is 4.79 Å². The van der Waals surface area contributed by atoms with Crippen molar-refractivity contribution in [3.05, 3.63) is 0 Å². The highest BCUT2D eigenvalue weighted by molar-refractivity contribution is 6.06. The fraction of sp³-hybridized carbons (Fsp3) is 0.846. The predicted molar refractivity (Wildman–Crippen MR) is 73.6 cm³/mol. The monoisotopic (exact) mass is 257 g/mol. The van der Waals surface area contributed by atoms with Crippen molar-refractivity contribution in [2.75, 3.05) is 13.1 Å². The van der Waals surface area contributed by atoms with E-state index in [0.717, 1.165) is 12.8 Å². The number of nitrogens with zero attached hydrogens (tertiary/aromatic N) is 2. The molecule has 0 spiro atoms. The van der Waals surface area contributed by atoms with Gasteiger partial charge in [-0.15, -0.1) is 0 Å². The normalized spacial score (nSPS) is 12.6. The summed E-state index contributed by atoms with van der Waals surface area (Å²) in [6.45, 7) is 9.31. The zero-order chi connectivity index (χ0) is 14.2. The second kappa shape index (κ2) is 7.95. The number of hydrogen-bond acceptors (Lipinski definition) is 3. The van der Waals surface area contributed by atoms with Gasteiger partial charge in [-0.3, -0.25) is 4.79 Å².